The van der Waals surface area contributed by atoms with E-state index in [-0.39, 0.29) is 4.59 Å². The fourth-order valence-electron chi connectivity index (χ4n) is 2.91. The number of fused-ring (bicyclic) bond motifs is 1. The van der Waals surface area contributed by atoms with Crippen molar-refractivity contribution in [3.63, 3.8) is 0 Å². The maximum atomic E-state index is 6.68. The molecule has 0 spiro atoms. The molecule has 2 N–H and O–H groups in total. The van der Waals surface area contributed by atoms with Crippen LogP contribution in [0.2, 0.25) is 0 Å². The Morgan fingerprint density at radius 2 is 2.12 bits per heavy atom. The molecule has 0 saturated carbocycles. The Hall–Kier alpha value is -2.80. The molecule has 1 aliphatic carbocycles. The zero-order valence-corrected chi connectivity index (χ0v) is 13.9. The van der Waals surface area contributed by atoms with Crippen LogP contribution in [0.15, 0.2) is 81.8 Å². The van der Waals surface area contributed by atoms with Gasteiger partial charge in [0, 0.05) is 12.7 Å². The minimum atomic E-state index is 0.00549. The third-order valence-corrected chi connectivity index (χ3v) is 4.27. The molecule has 0 bridgehead atoms. The number of aliphatic imine (C=N–C) groups is 2. The largest absolute Gasteiger partial charge is 0.491 e. The van der Waals surface area contributed by atoms with Crippen molar-refractivity contribution >= 4 is 12.1 Å². The van der Waals surface area contributed by atoms with Gasteiger partial charge in [0.15, 0.2) is 0 Å². The van der Waals surface area contributed by atoms with Crippen molar-refractivity contribution in [3.8, 4) is 5.75 Å². The number of methoxy groups -OCH3 is 1. The van der Waals surface area contributed by atoms with Crippen LogP contribution in [-0.4, -0.2) is 37.0 Å². The molecule has 0 fully saturated rings. The number of nitrogens with two attached hydrogens (primary N) is 1. The Bertz CT molecular complexity index is 892. The summed E-state index contributed by atoms with van der Waals surface area (Å²) in [4.78, 5) is 9.06. The standard InChI is InChI=1S/C19H19N4O2/c1-24-10-11-25-16-7-3-6-15(12-16)19-22-18(14-4-2-5-14)17-13-21-8-9-23(17,19)20/h2-9,12-13H,10-11,20H2,1H3/q+1. The summed E-state index contributed by atoms with van der Waals surface area (Å²) in [6.07, 6.45) is 11.3. The van der Waals surface area contributed by atoms with Crippen molar-refractivity contribution in [1.29, 1.82) is 0 Å². The van der Waals surface area contributed by atoms with Gasteiger partial charge in [-0.2, -0.15) is 10.8 Å². The van der Waals surface area contributed by atoms with Gasteiger partial charge in [-0.25, -0.2) is 0 Å². The van der Waals surface area contributed by atoms with Gasteiger partial charge < -0.3 is 9.47 Å². The monoisotopic (exact) mass is 335 g/mol. The first-order valence-electron chi connectivity index (χ1n) is 8.05. The van der Waals surface area contributed by atoms with E-state index in [1.165, 1.54) is 0 Å². The Morgan fingerprint density at radius 1 is 1.24 bits per heavy atom. The summed E-state index contributed by atoms with van der Waals surface area (Å²) in [7, 11) is 1.65. The zero-order valence-electron chi connectivity index (χ0n) is 13.9. The van der Waals surface area contributed by atoms with E-state index in [0.29, 0.717) is 13.2 Å². The van der Waals surface area contributed by atoms with Gasteiger partial charge >= 0.3 is 0 Å². The average molecular weight is 335 g/mol. The molecule has 0 amide bonds. The number of benzene rings is 1. The van der Waals surface area contributed by atoms with Gasteiger partial charge in [-0.15, -0.1) is 4.59 Å². The molecule has 1 unspecified atom stereocenters. The van der Waals surface area contributed by atoms with Gasteiger partial charge in [0.1, 0.15) is 24.3 Å². The van der Waals surface area contributed by atoms with Crippen LogP contribution in [-0.2, 0) is 4.74 Å². The molecule has 6 heteroatoms. The normalized spacial score (nSPS) is 23.3. The first-order chi connectivity index (χ1) is 12.2. The predicted octanol–water partition coefficient (Wildman–Crippen LogP) is 2.43. The fourth-order valence-corrected chi connectivity index (χ4v) is 2.91. The summed E-state index contributed by atoms with van der Waals surface area (Å²) in [5.74, 6) is 8.18. The molecule has 126 valence electrons. The Morgan fingerprint density at radius 3 is 2.88 bits per heavy atom. The Balaban J connectivity index is 1.70. The predicted molar refractivity (Wildman–Crippen MR) is 96.7 cm³/mol. The minimum absolute atomic E-state index is 0.00549. The smallest absolute Gasteiger partial charge is 0.265 e. The lowest BCUT2D eigenvalue weighted by atomic mass is 10.0. The zero-order chi connectivity index (χ0) is 17.3. The molecule has 0 radical (unpaired) electrons. The second-order valence-corrected chi connectivity index (χ2v) is 5.87. The third-order valence-electron chi connectivity index (χ3n) is 4.27. The lowest BCUT2D eigenvalue weighted by molar-refractivity contribution is -0.750. The van der Waals surface area contributed by atoms with Crippen LogP contribution >= 0.6 is 0 Å². The molecular weight excluding hydrogens is 316 g/mol. The van der Waals surface area contributed by atoms with E-state index in [9.17, 15) is 0 Å². The maximum Gasteiger partial charge on any atom is 0.265 e. The summed E-state index contributed by atoms with van der Waals surface area (Å²) in [5, 5.41) is 0. The second-order valence-electron chi connectivity index (χ2n) is 5.87. The molecule has 6 nitrogen and oxygen atoms in total. The topological polar surface area (TPSA) is 69.2 Å². The van der Waals surface area contributed by atoms with Crippen LogP contribution in [0, 0.1) is 0 Å². The molecule has 1 aromatic rings. The molecule has 2 aliphatic heterocycles. The van der Waals surface area contributed by atoms with E-state index in [1.54, 1.807) is 19.5 Å². The first kappa shape index (κ1) is 15.7. The molecule has 2 heterocycles. The lowest BCUT2D eigenvalue weighted by Crippen LogP contribution is -2.53. The maximum absolute atomic E-state index is 6.68. The number of hydrogen-bond acceptors (Lipinski definition) is 5. The van der Waals surface area contributed by atoms with Crippen LogP contribution in [0.3, 0.4) is 0 Å². The molecule has 1 aromatic carbocycles. The highest BCUT2D eigenvalue weighted by atomic mass is 16.5. The summed E-state index contributed by atoms with van der Waals surface area (Å²) in [6.45, 7) is 1.03. The van der Waals surface area contributed by atoms with E-state index >= 15 is 0 Å². The van der Waals surface area contributed by atoms with Crippen molar-refractivity contribution in [2.75, 3.05) is 20.3 Å². The van der Waals surface area contributed by atoms with Crippen LogP contribution in [0.1, 0.15) is 5.56 Å². The van der Waals surface area contributed by atoms with Gasteiger partial charge in [0.25, 0.3) is 5.84 Å². The van der Waals surface area contributed by atoms with E-state index < -0.39 is 0 Å². The third kappa shape index (κ3) is 2.66. The number of allylic oxidation sites excluding steroid dienone is 4. The van der Waals surface area contributed by atoms with Gasteiger partial charge in [-0.3, -0.25) is 4.99 Å². The number of ether oxygens (including phenoxy) is 2. The van der Waals surface area contributed by atoms with E-state index in [0.717, 1.165) is 34.1 Å². The number of quaternary nitrogens is 1. The summed E-state index contributed by atoms with van der Waals surface area (Å²) in [6, 6.07) is 7.79. The highest BCUT2D eigenvalue weighted by Gasteiger charge is 2.44. The van der Waals surface area contributed by atoms with Crippen molar-refractivity contribution in [1.82, 2.24) is 0 Å². The molecular formula is C19H19N4O2+. The first-order valence-corrected chi connectivity index (χ1v) is 8.05. The van der Waals surface area contributed by atoms with Crippen molar-refractivity contribution in [2.45, 2.75) is 0 Å². The fraction of sp³-hybridized carbons (Fsp3) is 0.158. The number of rotatable bonds is 6. The summed E-state index contributed by atoms with van der Waals surface area (Å²) in [5.41, 5.74) is 3.69. The Kier molecular flexibility index (Phi) is 3.93. The molecule has 3 aliphatic rings. The molecule has 4 rings (SSSR count). The van der Waals surface area contributed by atoms with Crippen molar-refractivity contribution in [3.05, 3.63) is 77.4 Å². The Labute approximate surface area is 146 Å². The van der Waals surface area contributed by atoms with E-state index in [2.05, 4.69) is 4.99 Å². The quantitative estimate of drug-likeness (QED) is 0.493. The van der Waals surface area contributed by atoms with Gasteiger partial charge in [0.05, 0.1) is 24.6 Å². The lowest BCUT2D eigenvalue weighted by Gasteiger charge is -2.26. The minimum Gasteiger partial charge on any atom is -0.491 e. The van der Waals surface area contributed by atoms with Gasteiger partial charge in [-0.1, -0.05) is 24.3 Å². The second kappa shape index (κ2) is 6.25. The highest BCUT2D eigenvalue weighted by Crippen LogP contribution is 2.36. The highest BCUT2D eigenvalue weighted by molar-refractivity contribution is 6.01. The van der Waals surface area contributed by atoms with Gasteiger partial charge in [0.2, 0.25) is 5.70 Å². The van der Waals surface area contributed by atoms with Gasteiger partial charge in [-0.05, 0) is 18.2 Å². The van der Waals surface area contributed by atoms with Crippen molar-refractivity contribution in [2.24, 2.45) is 15.8 Å². The number of amidine groups is 1. The van der Waals surface area contributed by atoms with Crippen LogP contribution < -0.4 is 10.6 Å². The van der Waals surface area contributed by atoms with E-state index in [4.69, 9.17) is 20.3 Å². The van der Waals surface area contributed by atoms with E-state index in [1.807, 2.05) is 48.7 Å². The number of nitrogens with zero attached hydrogens (tertiary/aromatic N) is 3. The average Bonchev–Trinajstić information content (AvgIpc) is 2.87. The summed E-state index contributed by atoms with van der Waals surface area (Å²) >= 11 is 0. The number of hydrogen-bond donors (Lipinski definition) is 1. The van der Waals surface area contributed by atoms with Crippen LogP contribution in [0.4, 0.5) is 0 Å². The molecule has 0 aromatic heterocycles. The van der Waals surface area contributed by atoms with Crippen LogP contribution in [0.25, 0.3) is 0 Å². The molecule has 1 atom stereocenters. The molecule has 0 saturated heterocycles. The SMILES string of the molecule is COCCOc1cccc(C2=NC(C3=CC=C3)=C3C=NC=C[N+]23N)c1. The summed E-state index contributed by atoms with van der Waals surface area (Å²) < 4.78 is 10.7. The molecule has 25 heavy (non-hydrogen) atoms. The van der Waals surface area contributed by atoms with Crippen LogP contribution in [0.5, 0.6) is 5.75 Å². The van der Waals surface area contributed by atoms with Crippen molar-refractivity contribution < 1.29 is 14.1 Å².